The average Bonchev–Trinajstić information content (AvgIpc) is 3.36. The van der Waals surface area contributed by atoms with E-state index < -0.39 is 0 Å². The van der Waals surface area contributed by atoms with Crippen molar-refractivity contribution in [1.29, 1.82) is 0 Å². The molecule has 3 aromatic rings. The third-order valence-corrected chi connectivity index (χ3v) is 6.69. The van der Waals surface area contributed by atoms with E-state index in [2.05, 4.69) is 34.0 Å². The maximum absolute atomic E-state index is 12.9. The van der Waals surface area contributed by atoms with Crippen molar-refractivity contribution in [2.45, 2.75) is 51.2 Å². The van der Waals surface area contributed by atoms with Crippen LogP contribution in [-0.4, -0.2) is 49.9 Å². The fourth-order valence-electron chi connectivity index (χ4n) is 4.23. The molecule has 2 aliphatic rings. The number of aliphatic hydroxyl groups is 1. The van der Waals surface area contributed by atoms with Crippen molar-refractivity contribution < 1.29 is 9.84 Å². The zero-order valence-electron chi connectivity index (χ0n) is 18.3. The third kappa shape index (κ3) is 3.80. The molecule has 8 heteroatoms. The highest BCUT2D eigenvalue weighted by Crippen LogP contribution is 2.40. The van der Waals surface area contributed by atoms with Crippen LogP contribution in [0.5, 0.6) is 5.75 Å². The molecule has 8 nitrogen and oxygen atoms in total. The van der Waals surface area contributed by atoms with E-state index in [4.69, 9.17) is 4.74 Å². The number of anilines is 1. The van der Waals surface area contributed by atoms with Crippen LogP contribution in [0.3, 0.4) is 0 Å². The molecule has 2 fully saturated rings. The SMILES string of the molecule is C[C@@H]1CCN(c2cc(-c3n[nH]c4ccc(OC5(C)CC5)cc34)nn(C)c2=O)CC[C@H]1O. The Bertz CT molecular complexity index is 1170. The van der Waals surface area contributed by atoms with Gasteiger partial charge >= 0.3 is 0 Å². The number of hydrogen-bond donors (Lipinski definition) is 2. The van der Waals surface area contributed by atoms with Crippen molar-refractivity contribution in [3.8, 4) is 17.1 Å². The summed E-state index contributed by atoms with van der Waals surface area (Å²) in [5.74, 6) is 1.04. The number of aliphatic hydroxyl groups excluding tert-OH is 1. The van der Waals surface area contributed by atoms with Crippen LogP contribution in [0.25, 0.3) is 22.3 Å². The Morgan fingerprint density at radius 3 is 2.77 bits per heavy atom. The summed E-state index contributed by atoms with van der Waals surface area (Å²) in [4.78, 5) is 15.0. The number of nitrogens with zero attached hydrogens (tertiary/aromatic N) is 4. The Morgan fingerprint density at radius 1 is 1.23 bits per heavy atom. The van der Waals surface area contributed by atoms with Gasteiger partial charge in [0.05, 0.1) is 11.6 Å². The number of aromatic nitrogens is 4. The zero-order valence-corrected chi connectivity index (χ0v) is 18.3. The van der Waals surface area contributed by atoms with Gasteiger partial charge in [-0.2, -0.15) is 10.2 Å². The van der Waals surface area contributed by atoms with Gasteiger partial charge in [0.1, 0.15) is 28.4 Å². The van der Waals surface area contributed by atoms with Crippen molar-refractivity contribution in [3.05, 3.63) is 34.6 Å². The van der Waals surface area contributed by atoms with Crippen LogP contribution in [0.15, 0.2) is 29.1 Å². The molecule has 1 aliphatic heterocycles. The minimum absolute atomic E-state index is 0.0614. The Kier molecular flexibility index (Phi) is 4.77. The summed E-state index contributed by atoms with van der Waals surface area (Å²) < 4.78 is 7.50. The van der Waals surface area contributed by atoms with Crippen molar-refractivity contribution in [3.63, 3.8) is 0 Å². The van der Waals surface area contributed by atoms with Crippen LogP contribution in [0.1, 0.15) is 39.5 Å². The Balaban J connectivity index is 1.54. The quantitative estimate of drug-likeness (QED) is 0.670. The molecule has 1 aromatic carbocycles. The number of nitrogens with one attached hydrogen (secondary N) is 1. The van der Waals surface area contributed by atoms with Crippen molar-refractivity contribution in [2.24, 2.45) is 13.0 Å². The molecule has 1 aliphatic carbocycles. The second kappa shape index (κ2) is 7.37. The molecule has 0 spiro atoms. The van der Waals surface area contributed by atoms with Gasteiger partial charge in [0.25, 0.3) is 5.56 Å². The molecule has 0 radical (unpaired) electrons. The van der Waals surface area contributed by atoms with Gasteiger partial charge < -0.3 is 14.7 Å². The lowest BCUT2D eigenvalue weighted by Gasteiger charge is -2.22. The number of H-pyrrole nitrogens is 1. The third-order valence-electron chi connectivity index (χ3n) is 6.69. The molecule has 164 valence electrons. The molecule has 1 saturated carbocycles. The molecule has 1 saturated heterocycles. The standard InChI is InChI=1S/C23H29N5O3/c1-14-6-10-28(11-7-20(14)29)19-13-18(26-27(3)22(19)30)21-16-12-15(31-23(2)8-9-23)4-5-17(16)24-25-21/h4-5,12-14,20,29H,6-11H2,1-3H3,(H,24,25)/t14-,20-/m1/s1. The van der Waals surface area contributed by atoms with E-state index in [9.17, 15) is 9.90 Å². The number of rotatable bonds is 4. The minimum Gasteiger partial charge on any atom is -0.488 e. The summed E-state index contributed by atoms with van der Waals surface area (Å²) in [5.41, 5.74) is 2.62. The summed E-state index contributed by atoms with van der Waals surface area (Å²) in [6.07, 6.45) is 3.28. The van der Waals surface area contributed by atoms with Gasteiger partial charge in [0, 0.05) is 25.5 Å². The average molecular weight is 424 g/mol. The first-order valence-corrected chi connectivity index (χ1v) is 11.0. The molecule has 0 unspecified atom stereocenters. The van der Waals surface area contributed by atoms with E-state index in [-0.39, 0.29) is 23.2 Å². The van der Waals surface area contributed by atoms with E-state index in [0.717, 1.165) is 42.5 Å². The predicted octanol–water partition coefficient (Wildman–Crippen LogP) is 2.85. The predicted molar refractivity (Wildman–Crippen MR) is 119 cm³/mol. The van der Waals surface area contributed by atoms with Crippen LogP contribution in [-0.2, 0) is 7.05 Å². The highest BCUT2D eigenvalue weighted by molar-refractivity contribution is 5.93. The number of hydrogen-bond acceptors (Lipinski definition) is 6. The topological polar surface area (TPSA) is 96.3 Å². The maximum atomic E-state index is 12.9. The molecule has 2 atom stereocenters. The summed E-state index contributed by atoms with van der Waals surface area (Å²) in [5, 5.41) is 23.2. The monoisotopic (exact) mass is 423 g/mol. The highest BCUT2D eigenvalue weighted by atomic mass is 16.5. The number of benzene rings is 1. The first-order chi connectivity index (χ1) is 14.8. The van der Waals surface area contributed by atoms with Gasteiger partial charge in [-0.1, -0.05) is 6.92 Å². The summed E-state index contributed by atoms with van der Waals surface area (Å²) in [6, 6.07) is 7.74. The van der Waals surface area contributed by atoms with Gasteiger partial charge in [-0.25, -0.2) is 4.68 Å². The van der Waals surface area contributed by atoms with Gasteiger partial charge in [0.15, 0.2) is 0 Å². The first kappa shape index (κ1) is 20.1. The van der Waals surface area contributed by atoms with Crippen molar-refractivity contribution in [2.75, 3.05) is 18.0 Å². The van der Waals surface area contributed by atoms with Gasteiger partial charge in [-0.3, -0.25) is 9.89 Å². The van der Waals surface area contributed by atoms with Crippen LogP contribution < -0.4 is 15.2 Å². The van der Waals surface area contributed by atoms with Crippen LogP contribution in [0.4, 0.5) is 5.69 Å². The molecule has 3 heterocycles. The summed E-state index contributed by atoms with van der Waals surface area (Å²) in [6.45, 7) is 5.55. The number of aromatic amines is 1. The van der Waals surface area contributed by atoms with Gasteiger partial charge in [-0.15, -0.1) is 0 Å². The summed E-state index contributed by atoms with van der Waals surface area (Å²) >= 11 is 0. The molecular weight excluding hydrogens is 394 g/mol. The maximum Gasteiger partial charge on any atom is 0.290 e. The lowest BCUT2D eigenvalue weighted by Crippen LogP contribution is -2.33. The molecule has 2 N–H and O–H groups in total. The molecule has 0 bridgehead atoms. The molecule has 31 heavy (non-hydrogen) atoms. The van der Waals surface area contributed by atoms with Crippen LogP contribution in [0.2, 0.25) is 0 Å². The first-order valence-electron chi connectivity index (χ1n) is 11.0. The molecule has 5 rings (SSSR count). The van der Waals surface area contributed by atoms with Crippen LogP contribution >= 0.6 is 0 Å². The Labute approximate surface area is 180 Å². The molecular formula is C23H29N5O3. The van der Waals surface area contributed by atoms with Crippen LogP contribution in [0, 0.1) is 5.92 Å². The number of fused-ring (bicyclic) bond motifs is 1. The van der Waals surface area contributed by atoms with Crippen molar-refractivity contribution in [1.82, 2.24) is 20.0 Å². The van der Waals surface area contributed by atoms with Gasteiger partial charge in [-0.05, 0) is 62.8 Å². The van der Waals surface area contributed by atoms with E-state index >= 15 is 0 Å². The molecule has 2 aromatic heterocycles. The minimum atomic E-state index is -0.336. The normalized spacial score (nSPS) is 23.0. The highest BCUT2D eigenvalue weighted by Gasteiger charge is 2.40. The fraction of sp³-hybridized carbons (Fsp3) is 0.522. The molecule has 0 amide bonds. The zero-order chi connectivity index (χ0) is 21.8. The Morgan fingerprint density at radius 2 is 2.00 bits per heavy atom. The summed E-state index contributed by atoms with van der Waals surface area (Å²) in [7, 11) is 1.67. The lowest BCUT2D eigenvalue weighted by atomic mass is 10.0. The van der Waals surface area contributed by atoms with E-state index in [1.807, 2.05) is 24.3 Å². The van der Waals surface area contributed by atoms with E-state index in [1.54, 1.807) is 7.05 Å². The number of aryl methyl sites for hydroxylation is 1. The van der Waals surface area contributed by atoms with E-state index in [0.29, 0.717) is 30.0 Å². The second-order valence-electron chi connectivity index (χ2n) is 9.28. The number of ether oxygens (including phenoxy) is 1. The smallest absolute Gasteiger partial charge is 0.290 e. The Hall–Kier alpha value is -2.87. The van der Waals surface area contributed by atoms with Crippen molar-refractivity contribution >= 4 is 16.6 Å². The van der Waals surface area contributed by atoms with Gasteiger partial charge in [0.2, 0.25) is 0 Å². The lowest BCUT2D eigenvalue weighted by molar-refractivity contribution is 0.114. The fourth-order valence-corrected chi connectivity index (χ4v) is 4.23. The largest absolute Gasteiger partial charge is 0.488 e. The second-order valence-corrected chi connectivity index (χ2v) is 9.28. The van der Waals surface area contributed by atoms with E-state index in [1.165, 1.54) is 4.68 Å².